The number of carboxylic acids is 1. The number of aryl methyl sites for hydroxylation is 1. The Labute approximate surface area is 133 Å². The van der Waals surface area contributed by atoms with Crippen LogP contribution in [0.4, 0.5) is 0 Å². The molecule has 0 fully saturated rings. The zero-order valence-corrected chi connectivity index (χ0v) is 12.5. The van der Waals surface area contributed by atoms with Gasteiger partial charge in [0.2, 0.25) is 0 Å². The Hall–Kier alpha value is -2.33. The molecule has 0 aliphatic rings. The minimum atomic E-state index is -1.02. The lowest BCUT2D eigenvalue weighted by Crippen LogP contribution is -2.05. The SMILES string of the molecule is O=C(O)Cc1cc(Cl)c(O)c(C(=O)CCc2ccccc2)c1. The molecule has 22 heavy (non-hydrogen) atoms. The van der Waals surface area contributed by atoms with Gasteiger partial charge in [-0.2, -0.15) is 0 Å². The summed E-state index contributed by atoms with van der Waals surface area (Å²) >= 11 is 5.87. The molecule has 0 saturated heterocycles. The summed E-state index contributed by atoms with van der Waals surface area (Å²) in [4.78, 5) is 23.0. The number of phenolic OH excluding ortho intramolecular Hbond substituents is 1. The third kappa shape index (κ3) is 4.09. The molecule has 0 bridgehead atoms. The normalized spacial score (nSPS) is 10.4. The topological polar surface area (TPSA) is 74.6 Å². The lowest BCUT2D eigenvalue weighted by molar-refractivity contribution is -0.136. The first-order valence-electron chi connectivity index (χ1n) is 6.77. The van der Waals surface area contributed by atoms with Gasteiger partial charge in [0.1, 0.15) is 5.75 Å². The van der Waals surface area contributed by atoms with Crippen molar-refractivity contribution in [3.05, 3.63) is 64.2 Å². The second kappa shape index (κ2) is 7.09. The van der Waals surface area contributed by atoms with Crippen molar-refractivity contribution >= 4 is 23.4 Å². The molecule has 2 aromatic carbocycles. The van der Waals surface area contributed by atoms with Gasteiger partial charge in [-0.3, -0.25) is 9.59 Å². The second-order valence-corrected chi connectivity index (χ2v) is 5.36. The lowest BCUT2D eigenvalue weighted by Gasteiger charge is -2.08. The molecule has 0 aromatic heterocycles. The minimum absolute atomic E-state index is 0.0122. The van der Waals surface area contributed by atoms with Crippen molar-refractivity contribution in [1.29, 1.82) is 0 Å². The number of hydrogen-bond donors (Lipinski definition) is 2. The maximum Gasteiger partial charge on any atom is 0.307 e. The van der Waals surface area contributed by atoms with Crippen LogP contribution in [0.15, 0.2) is 42.5 Å². The quantitative estimate of drug-likeness (QED) is 0.799. The zero-order valence-electron chi connectivity index (χ0n) is 11.8. The van der Waals surface area contributed by atoms with Crippen LogP contribution >= 0.6 is 11.6 Å². The summed E-state index contributed by atoms with van der Waals surface area (Å²) in [6, 6.07) is 12.3. The fourth-order valence-corrected chi connectivity index (χ4v) is 2.42. The number of aliphatic carboxylic acids is 1. The predicted molar refractivity (Wildman–Crippen MR) is 83.6 cm³/mol. The summed E-state index contributed by atoms with van der Waals surface area (Å²) in [7, 11) is 0. The average molecular weight is 319 g/mol. The molecule has 0 unspecified atom stereocenters. The largest absolute Gasteiger partial charge is 0.506 e. The summed E-state index contributed by atoms with van der Waals surface area (Å²) in [5.41, 5.74) is 1.47. The van der Waals surface area contributed by atoms with Crippen LogP contribution in [-0.2, 0) is 17.6 Å². The fraction of sp³-hybridized carbons (Fsp3) is 0.176. The number of benzene rings is 2. The van der Waals surface area contributed by atoms with E-state index >= 15 is 0 Å². The number of rotatable bonds is 6. The summed E-state index contributed by atoms with van der Waals surface area (Å²) in [5, 5.41) is 18.7. The third-order valence-corrected chi connectivity index (χ3v) is 3.55. The molecule has 2 N–H and O–H groups in total. The van der Waals surface area contributed by atoms with Gasteiger partial charge in [0.15, 0.2) is 5.78 Å². The Bertz CT molecular complexity index is 695. The van der Waals surface area contributed by atoms with E-state index in [0.717, 1.165) is 5.56 Å². The number of carbonyl (C=O) groups is 2. The number of carbonyl (C=O) groups excluding carboxylic acids is 1. The van der Waals surface area contributed by atoms with Crippen molar-refractivity contribution in [3.63, 3.8) is 0 Å². The minimum Gasteiger partial charge on any atom is -0.506 e. The Kier molecular flexibility index (Phi) is 5.17. The molecule has 0 radical (unpaired) electrons. The van der Waals surface area contributed by atoms with Crippen LogP contribution in [0, 0.1) is 0 Å². The molecule has 4 nitrogen and oxygen atoms in total. The van der Waals surface area contributed by atoms with Gasteiger partial charge in [-0.05, 0) is 29.7 Å². The highest BCUT2D eigenvalue weighted by atomic mass is 35.5. The summed E-state index contributed by atoms with van der Waals surface area (Å²) < 4.78 is 0. The van der Waals surface area contributed by atoms with Crippen LogP contribution in [0.1, 0.15) is 27.9 Å². The van der Waals surface area contributed by atoms with E-state index in [1.807, 2.05) is 30.3 Å². The van der Waals surface area contributed by atoms with E-state index in [-0.39, 0.29) is 35.0 Å². The Morgan fingerprint density at radius 2 is 1.73 bits per heavy atom. The Morgan fingerprint density at radius 1 is 1.05 bits per heavy atom. The Balaban J connectivity index is 2.17. The van der Waals surface area contributed by atoms with E-state index in [0.29, 0.717) is 12.0 Å². The van der Waals surface area contributed by atoms with Gasteiger partial charge in [-0.25, -0.2) is 0 Å². The lowest BCUT2D eigenvalue weighted by atomic mass is 9.99. The molecule has 0 heterocycles. The number of hydrogen-bond acceptors (Lipinski definition) is 3. The van der Waals surface area contributed by atoms with Gasteiger partial charge < -0.3 is 10.2 Å². The van der Waals surface area contributed by atoms with Crippen LogP contribution in [0.5, 0.6) is 5.75 Å². The molecule has 0 saturated carbocycles. The van der Waals surface area contributed by atoms with E-state index in [9.17, 15) is 14.7 Å². The number of Topliss-reactive ketones (excluding diaryl/α,β-unsaturated/α-hetero) is 1. The van der Waals surface area contributed by atoms with Gasteiger partial charge in [0.25, 0.3) is 0 Å². The van der Waals surface area contributed by atoms with Gasteiger partial charge in [0, 0.05) is 6.42 Å². The van der Waals surface area contributed by atoms with Crippen LogP contribution in [0.3, 0.4) is 0 Å². The van der Waals surface area contributed by atoms with E-state index in [4.69, 9.17) is 16.7 Å². The highest BCUT2D eigenvalue weighted by Gasteiger charge is 2.16. The Morgan fingerprint density at radius 3 is 2.36 bits per heavy atom. The smallest absolute Gasteiger partial charge is 0.307 e. The summed E-state index contributed by atoms with van der Waals surface area (Å²) in [6.07, 6.45) is 0.503. The van der Waals surface area contributed by atoms with Crippen molar-refractivity contribution in [1.82, 2.24) is 0 Å². The highest BCUT2D eigenvalue weighted by molar-refractivity contribution is 6.32. The van der Waals surface area contributed by atoms with E-state index in [1.165, 1.54) is 12.1 Å². The highest BCUT2D eigenvalue weighted by Crippen LogP contribution is 2.30. The molecule has 2 aromatic rings. The van der Waals surface area contributed by atoms with E-state index in [1.54, 1.807) is 0 Å². The van der Waals surface area contributed by atoms with Crippen molar-refractivity contribution in [2.45, 2.75) is 19.3 Å². The molecule has 0 spiro atoms. The molecule has 5 heteroatoms. The zero-order chi connectivity index (χ0) is 16.1. The second-order valence-electron chi connectivity index (χ2n) is 4.95. The third-order valence-electron chi connectivity index (χ3n) is 3.26. The number of phenols is 1. The standard InChI is InChI=1S/C17H15ClO4/c18-14-9-12(10-16(20)21)8-13(17(14)22)15(19)7-6-11-4-2-1-3-5-11/h1-5,8-9,22H,6-7,10H2,(H,20,21). The average Bonchev–Trinajstić information content (AvgIpc) is 2.48. The van der Waals surface area contributed by atoms with Crippen LogP contribution < -0.4 is 0 Å². The monoisotopic (exact) mass is 318 g/mol. The maximum atomic E-state index is 12.3. The predicted octanol–water partition coefficient (Wildman–Crippen LogP) is 3.49. The van der Waals surface area contributed by atoms with Crippen molar-refractivity contribution < 1.29 is 19.8 Å². The van der Waals surface area contributed by atoms with Crippen LogP contribution in [0.2, 0.25) is 5.02 Å². The maximum absolute atomic E-state index is 12.3. The first-order chi connectivity index (χ1) is 10.5. The molecular weight excluding hydrogens is 304 g/mol. The number of halogens is 1. The van der Waals surface area contributed by atoms with Gasteiger partial charge in [-0.15, -0.1) is 0 Å². The van der Waals surface area contributed by atoms with Crippen molar-refractivity contribution in [2.75, 3.05) is 0 Å². The first-order valence-corrected chi connectivity index (χ1v) is 7.15. The number of ketones is 1. The fourth-order valence-electron chi connectivity index (χ4n) is 2.18. The molecule has 2 rings (SSSR count). The molecular formula is C17H15ClO4. The van der Waals surface area contributed by atoms with Gasteiger partial charge in [-0.1, -0.05) is 41.9 Å². The first kappa shape index (κ1) is 16.0. The molecule has 114 valence electrons. The summed E-state index contributed by atoms with van der Waals surface area (Å²) in [6.45, 7) is 0. The van der Waals surface area contributed by atoms with Crippen molar-refractivity contribution in [3.8, 4) is 5.75 Å². The number of aromatic hydroxyl groups is 1. The van der Waals surface area contributed by atoms with E-state index < -0.39 is 5.97 Å². The van der Waals surface area contributed by atoms with Gasteiger partial charge in [0.05, 0.1) is 17.0 Å². The van der Waals surface area contributed by atoms with E-state index in [2.05, 4.69) is 0 Å². The number of carboxylic acid groups (broad SMARTS) is 1. The van der Waals surface area contributed by atoms with Crippen LogP contribution in [-0.4, -0.2) is 22.0 Å². The van der Waals surface area contributed by atoms with Crippen LogP contribution in [0.25, 0.3) is 0 Å². The van der Waals surface area contributed by atoms with Gasteiger partial charge >= 0.3 is 5.97 Å². The molecule has 0 amide bonds. The molecule has 0 aliphatic heterocycles. The molecule has 0 atom stereocenters. The summed E-state index contributed by atoms with van der Waals surface area (Å²) in [5.74, 6) is -1.59. The van der Waals surface area contributed by atoms with Crippen molar-refractivity contribution in [2.24, 2.45) is 0 Å². The molecule has 0 aliphatic carbocycles.